The molecule has 1 aromatic heterocycles. The number of benzene rings is 2. The summed E-state index contributed by atoms with van der Waals surface area (Å²) in [4.78, 5) is 20.1. The van der Waals surface area contributed by atoms with Crippen LogP contribution >= 0.6 is 0 Å². The van der Waals surface area contributed by atoms with Crippen LogP contribution in [0.4, 0.5) is 34.9 Å². The van der Waals surface area contributed by atoms with Crippen LogP contribution in [0, 0.1) is 5.82 Å². The van der Waals surface area contributed by atoms with Gasteiger partial charge in [-0.3, -0.25) is 4.79 Å². The van der Waals surface area contributed by atoms with Crippen LogP contribution < -0.4 is 10.6 Å². The Balaban J connectivity index is 1.72. The second kappa shape index (κ2) is 7.40. The highest BCUT2D eigenvalue weighted by Crippen LogP contribution is 2.30. The molecule has 3 rings (SSSR count). The van der Waals surface area contributed by atoms with E-state index in [4.69, 9.17) is 0 Å². The van der Waals surface area contributed by atoms with E-state index in [9.17, 15) is 22.4 Å². The summed E-state index contributed by atoms with van der Waals surface area (Å²) in [6.45, 7) is 0. The van der Waals surface area contributed by atoms with Crippen molar-refractivity contribution < 1.29 is 22.4 Å². The lowest BCUT2D eigenvalue weighted by Crippen LogP contribution is -2.14. The minimum atomic E-state index is -4.43. The lowest BCUT2D eigenvalue weighted by atomic mass is 10.2. The average Bonchev–Trinajstić information content (AvgIpc) is 2.62. The zero-order chi connectivity index (χ0) is 19.4. The van der Waals surface area contributed by atoms with Crippen LogP contribution in [-0.2, 0) is 6.18 Å². The third-order valence-corrected chi connectivity index (χ3v) is 3.44. The van der Waals surface area contributed by atoms with Gasteiger partial charge in [0.05, 0.1) is 5.56 Å². The molecular weight excluding hydrogens is 364 g/mol. The van der Waals surface area contributed by atoms with Gasteiger partial charge in [-0.05, 0) is 48.5 Å². The number of alkyl halides is 3. The largest absolute Gasteiger partial charge is 0.416 e. The normalized spacial score (nSPS) is 11.1. The third-order valence-electron chi connectivity index (χ3n) is 3.44. The number of nitrogens with zero attached hydrogens (tertiary/aromatic N) is 2. The fourth-order valence-corrected chi connectivity index (χ4v) is 2.18. The van der Waals surface area contributed by atoms with Gasteiger partial charge in [-0.25, -0.2) is 14.4 Å². The number of aromatic nitrogens is 2. The summed E-state index contributed by atoms with van der Waals surface area (Å²) >= 11 is 0. The van der Waals surface area contributed by atoms with Crippen molar-refractivity contribution in [3.8, 4) is 0 Å². The monoisotopic (exact) mass is 376 g/mol. The molecule has 0 spiro atoms. The van der Waals surface area contributed by atoms with Crippen LogP contribution in [0.5, 0.6) is 0 Å². The van der Waals surface area contributed by atoms with E-state index in [1.807, 2.05) is 0 Å². The predicted molar refractivity (Wildman–Crippen MR) is 91.1 cm³/mol. The van der Waals surface area contributed by atoms with Crippen LogP contribution in [-0.4, -0.2) is 15.9 Å². The first-order valence-electron chi connectivity index (χ1n) is 7.65. The maximum absolute atomic E-state index is 13.2. The molecule has 0 aliphatic heterocycles. The molecule has 0 bridgehead atoms. The van der Waals surface area contributed by atoms with Crippen molar-refractivity contribution in [3.63, 3.8) is 0 Å². The number of hydrogen-bond acceptors (Lipinski definition) is 4. The average molecular weight is 376 g/mol. The van der Waals surface area contributed by atoms with Crippen LogP contribution in [0.1, 0.15) is 16.1 Å². The smallest absolute Gasteiger partial charge is 0.324 e. The standard InChI is InChI=1S/C18H12F4N4O/c19-12-2-1-3-14(10-12)24-16(27)15-8-9-23-17(26-15)25-13-6-4-11(5-7-13)18(20,21)22/h1-10H,(H,24,27)(H,23,25,26). The van der Waals surface area contributed by atoms with Gasteiger partial charge in [-0.2, -0.15) is 13.2 Å². The van der Waals surface area contributed by atoms with E-state index in [0.29, 0.717) is 5.69 Å². The molecule has 0 aliphatic rings. The number of carbonyl (C=O) groups excluding carboxylic acids is 1. The molecule has 0 atom stereocenters. The Morgan fingerprint density at radius 3 is 2.37 bits per heavy atom. The summed E-state index contributed by atoms with van der Waals surface area (Å²) in [5.41, 5.74) is -0.192. The van der Waals surface area contributed by atoms with Gasteiger partial charge in [-0.1, -0.05) is 6.07 Å². The topological polar surface area (TPSA) is 66.9 Å². The molecule has 0 aliphatic carbocycles. The SMILES string of the molecule is O=C(Nc1cccc(F)c1)c1ccnc(Nc2ccc(C(F)(F)F)cc2)n1. The maximum atomic E-state index is 13.2. The molecule has 0 saturated heterocycles. The molecule has 2 aromatic carbocycles. The van der Waals surface area contributed by atoms with Crippen LogP contribution in [0.2, 0.25) is 0 Å². The number of carbonyl (C=O) groups is 1. The van der Waals surface area contributed by atoms with Crippen molar-refractivity contribution in [2.24, 2.45) is 0 Å². The lowest BCUT2D eigenvalue weighted by molar-refractivity contribution is -0.137. The molecule has 5 nitrogen and oxygen atoms in total. The summed E-state index contributed by atoms with van der Waals surface area (Å²) in [6, 6.07) is 11.0. The summed E-state index contributed by atoms with van der Waals surface area (Å²) in [5.74, 6) is -1.06. The van der Waals surface area contributed by atoms with Crippen LogP contribution in [0.3, 0.4) is 0 Å². The minimum absolute atomic E-state index is 0.00340. The van der Waals surface area contributed by atoms with Gasteiger partial charge in [0.1, 0.15) is 11.5 Å². The summed E-state index contributed by atoms with van der Waals surface area (Å²) < 4.78 is 50.9. The van der Waals surface area contributed by atoms with E-state index in [0.717, 1.165) is 18.2 Å². The molecule has 3 aromatic rings. The van der Waals surface area contributed by atoms with Gasteiger partial charge in [-0.15, -0.1) is 0 Å². The van der Waals surface area contributed by atoms with Gasteiger partial charge in [0, 0.05) is 17.6 Å². The third kappa shape index (κ3) is 4.78. The summed E-state index contributed by atoms with van der Waals surface area (Å²) in [5, 5.41) is 5.21. The molecular formula is C18H12F4N4O. The van der Waals surface area contributed by atoms with E-state index in [1.165, 1.54) is 42.6 Å². The van der Waals surface area contributed by atoms with Crippen molar-refractivity contribution in [1.82, 2.24) is 9.97 Å². The summed E-state index contributed by atoms with van der Waals surface area (Å²) in [7, 11) is 0. The Kier molecular flexibility index (Phi) is 5.02. The minimum Gasteiger partial charge on any atom is -0.324 e. The number of hydrogen-bond donors (Lipinski definition) is 2. The second-order valence-corrected chi connectivity index (χ2v) is 5.43. The van der Waals surface area contributed by atoms with Crippen LogP contribution in [0.25, 0.3) is 0 Å². The fraction of sp³-hybridized carbons (Fsp3) is 0.0556. The van der Waals surface area contributed by atoms with Gasteiger partial charge < -0.3 is 10.6 Å². The molecule has 0 radical (unpaired) electrons. The Hall–Kier alpha value is -3.49. The summed E-state index contributed by atoms with van der Waals surface area (Å²) in [6.07, 6.45) is -3.11. The predicted octanol–water partition coefficient (Wildman–Crippen LogP) is 4.63. The van der Waals surface area contributed by atoms with Crippen molar-refractivity contribution >= 4 is 23.2 Å². The van der Waals surface area contributed by atoms with Crippen molar-refractivity contribution in [2.75, 3.05) is 10.6 Å². The van der Waals surface area contributed by atoms with Gasteiger partial charge in [0.2, 0.25) is 5.95 Å². The molecule has 9 heteroatoms. The van der Waals surface area contributed by atoms with E-state index in [-0.39, 0.29) is 17.3 Å². The zero-order valence-electron chi connectivity index (χ0n) is 13.6. The first kappa shape index (κ1) is 18.3. The molecule has 0 saturated carbocycles. The van der Waals surface area contributed by atoms with Crippen molar-refractivity contribution in [3.05, 3.63) is 77.9 Å². The Labute approximate surface area is 151 Å². The fourth-order valence-electron chi connectivity index (χ4n) is 2.18. The molecule has 1 amide bonds. The molecule has 27 heavy (non-hydrogen) atoms. The maximum Gasteiger partial charge on any atom is 0.416 e. The quantitative estimate of drug-likeness (QED) is 0.652. The van der Waals surface area contributed by atoms with Gasteiger partial charge in [0.15, 0.2) is 0 Å². The molecule has 0 fully saturated rings. The highest BCUT2D eigenvalue weighted by atomic mass is 19.4. The zero-order valence-corrected chi connectivity index (χ0v) is 13.6. The molecule has 0 unspecified atom stereocenters. The van der Waals surface area contributed by atoms with Crippen molar-refractivity contribution in [1.29, 1.82) is 0 Å². The number of amides is 1. The Morgan fingerprint density at radius 1 is 0.963 bits per heavy atom. The van der Waals surface area contributed by atoms with Crippen LogP contribution in [0.15, 0.2) is 60.8 Å². The van der Waals surface area contributed by atoms with Gasteiger partial charge >= 0.3 is 6.18 Å². The highest BCUT2D eigenvalue weighted by molar-refractivity contribution is 6.02. The molecule has 138 valence electrons. The van der Waals surface area contributed by atoms with Crippen molar-refractivity contribution in [2.45, 2.75) is 6.18 Å². The van der Waals surface area contributed by atoms with Gasteiger partial charge in [0.25, 0.3) is 5.91 Å². The number of halogens is 4. The number of anilines is 3. The first-order chi connectivity index (χ1) is 12.8. The van der Waals surface area contributed by atoms with E-state index in [1.54, 1.807) is 0 Å². The lowest BCUT2D eigenvalue weighted by Gasteiger charge is -2.09. The number of nitrogens with one attached hydrogen (secondary N) is 2. The molecule has 1 heterocycles. The Bertz CT molecular complexity index is 958. The Morgan fingerprint density at radius 2 is 1.70 bits per heavy atom. The number of rotatable bonds is 4. The van der Waals surface area contributed by atoms with E-state index >= 15 is 0 Å². The van der Waals surface area contributed by atoms with E-state index in [2.05, 4.69) is 20.6 Å². The highest BCUT2D eigenvalue weighted by Gasteiger charge is 2.29. The first-order valence-corrected chi connectivity index (χ1v) is 7.65. The van der Waals surface area contributed by atoms with E-state index < -0.39 is 23.5 Å². The second-order valence-electron chi connectivity index (χ2n) is 5.43. The molecule has 2 N–H and O–H groups in total.